The van der Waals surface area contributed by atoms with E-state index < -0.39 is 20.7 Å². The van der Waals surface area contributed by atoms with Crippen LogP contribution in [-0.2, 0) is 9.84 Å². The number of carbonyl (C=O) groups is 1. The number of nitrogens with zero attached hydrogens (tertiary/aromatic N) is 1. The molecule has 26 heavy (non-hydrogen) atoms. The third-order valence-corrected chi connectivity index (χ3v) is 5.26. The topological polar surface area (TPSA) is 88.7 Å². The zero-order chi connectivity index (χ0) is 18.6. The quantitative estimate of drug-likeness (QED) is 0.321. The van der Waals surface area contributed by atoms with Crippen LogP contribution in [0, 0.1) is 6.92 Å². The monoisotopic (exact) mass is 368 g/mol. The Balaban J connectivity index is 2.03. The van der Waals surface area contributed by atoms with Crippen LogP contribution in [0.2, 0.25) is 0 Å². The van der Waals surface area contributed by atoms with Crippen LogP contribution in [0.25, 0.3) is 0 Å². The van der Waals surface area contributed by atoms with Crippen molar-refractivity contribution in [1.29, 1.82) is 0 Å². The molecule has 7 heteroatoms. The minimum atomic E-state index is -4.13. The van der Waals surface area contributed by atoms with Crippen LogP contribution in [0.4, 0.5) is 5.69 Å². The average Bonchev–Trinajstić information content (AvgIpc) is 3.18. The van der Waals surface area contributed by atoms with Gasteiger partial charge in [0.25, 0.3) is 5.78 Å². The Hall–Kier alpha value is -3.19. The molecule has 0 spiro atoms. The lowest BCUT2D eigenvalue weighted by molar-refractivity contribution is 0.104. The summed E-state index contributed by atoms with van der Waals surface area (Å²) >= 11 is 0. The van der Waals surface area contributed by atoms with Crippen LogP contribution in [0.3, 0.4) is 0 Å². The summed E-state index contributed by atoms with van der Waals surface area (Å²) < 4.78 is 30.9. The number of rotatable bonds is 5. The first-order valence-electron chi connectivity index (χ1n) is 7.77. The van der Waals surface area contributed by atoms with Gasteiger partial charge < -0.3 is 4.42 Å². The van der Waals surface area contributed by atoms with Crippen LogP contribution < -0.4 is 5.43 Å². The minimum absolute atomic E-state index is 0.0237. The molecule has 0 saturated carbocycles. The van der Waals surface area contributed by atoms with Crippen LogP contribution >= 0.6 is 0 Å². The third-order valence-electron chi connectivity index (χ3n) is 3.59. The lowest BCUT2D eigenvalue weighted by atomic mass is 10.2. The molecule has 1 aromatic heterocycles. The Morgan fingerprint density at radius 3 is 2.27 bits per heavy atom. The van der Waals surface area contributed by atoms with Gasteiger partial charge in [0, 0.05) is 0 Å². The number of Topliss-reactive ketones (excluding diaryl/α,β-unsaturated/α-hetero) is 1. The zero-order valence-corrected chi connectivity index (χ0v) is 14.7. The molecule has 0 unspecified atom stereocenters. The molecule has 2 aromatic carbocycles. The van der Waals surface area contributed by atoms with Gasteiger partial charge in [-0.2, -0.15) is 5.10 Å². The summed E-state index contributed by atoms with van der Waals surface area (Å²) in [5.41, 5.74) is 4.24. The standard InChI is InChI=1S/C19H16N2O4S/c1-14-9-11-15(12-10-14)20-21-19(18(22)17-8-5-13-25-17)26(23,24)16-6-3-2-4-7-16/h2-13,20H,1H3/b21-19+. The summed E-state index contributed by atoms with van der Waals surface area (Å²) in [6.45, 7) is 1.93. The predicted molar refractivity (Wildman–Crippen MR) is 98.9 cm³/mol. The number of benzene rings is 2. The molecule has 0 amide bonds. The Labute approximate surface area is 151 Å². The van der Waals surface area contributed by atoms with Gasteiger partial charge in [-0.25, -0.2) is 8.42 Å². The summed E-state index contributed by atoms with van der Waals surface area (Å²) in [7, 11) is -4.13. The molecule has 0 fully saturated rings. The average molecular weight is 368 g/mol. The van der Waals surface area contributed by atoms with E-state index in [0.717, 1.165) is 5.56 Å². The van der Waals surface area contributed by atoms with Crippen molar-refractivity contribution >= 4 is 26.4 Å². The normalized spacial score (nSPS) is 12.0. The molecule has 0 aliphatic rings. The molecule has 0 radical (unpaired) electrons. The molecule has 3 rings (SSSR count). The van der Waals surface area contributed by atoms with Crippen molar-refractivity contribution in [2.45, 2.75) is 11.8 Å². The lowest BCUT2D eigenvalue weighted by Crippen LogP contribution is -2.26. The summed E-state index contributed by atoms with van der Waals surface area (Å²) in [5, 5.41) is 3.26. The highest BCUT2D eigenvalue weighted by Gasteiger charge is 2.31. The van der Waals surface area contributed by atoms with E-state index in [-0.39, 0.29) is 10.7 Å². The van der Waals surface area contributed by atoms with E-state index >= 15 is 0 Å². The van der Waals surface area contributed by atoms with Crippen LogP contribution in [0.5, 0.6) is 0 Å². The fraction of sp³-hybridized carbons (Fsp3) is 0.0526. The van der Waals surface area contributed by atoms with Crippen molar-refractivity contribution in [2.75, 3.05) is 5.43 Å². The summed E-state index contributed by atoms with van der Waals surface area (Å²) in [5.74, 6) is -0.924. The van der Waals surface area contributed by atoms with E-state index in [0.29, 0.717) is 5.69 Å². The number of ketones is 1. The maximum absolute atomic E-state index is 12.9. The van der Waals surface area contributed by atoms with E-state index in [1.165, 1.54) is 30.5 Å². The highest BCUT2D eigenvalue weighted by molar-refractivity contribution is 8.08. The molecule has 0 aliphatic carbocycles. The number of hydrogen-bond donors (Lipinski definition) is 1. The van der Waals surface area contributed by atoms with Gasteiger partial charge >= 0.3 is 0 Å². The maximum Gasteiger partial charge on any atom is 0.260 e. The van der Waals surface area contributed by atoms with Crippen molar-refractivity contribution in [3.05, 3.63) is 84.3 Å². The van der Waals surface area contributed by atoms with Crippen molar-refractivity contribution < 1.29 is 17.6 Å². The first-order chi connectivity index (χ1) is 12.5. The molecule has 1 N–H and O–H groups in total. The molecular weight excluding hydrogens is 352 g/mol. The van der Waals surface area contributed by atoms with Gasteiger partial charge in [-0.1, -0.05) is 35.9 Å². The van der Waals surface area contributed by atoms with Crippen molar-refractivity contribution in [1.82, 2.24) is 0 Å². The Morgan fingerprint density at radius 2 is 1.65 bits per heavy atom. The van der Waals surface area contributed by atoms with Gasteiger partial charge in [0.2, 0.25) is 14.9 Å². The number of carbonyl (C=O) groups excluding carboxylic acids is 1. The fourth-order valence-electron chi connectivity index (χ4n) is 2.20. The van der Waals surface area contributed by atoms with Gasteiger partial charge in [-0.15, -0.1) is 0 Å². The van der Waals surface area contributed by atoms with E-state index in [9.17, 15) is 13.2 Å². The largest absolute Gasteiger partial charge is 0.461 e. The maximum atomic E-state index is 12.9. The third kappa shape index (κ3) is 3.73. The molecular formula is C19H16N2O4S. The van der Waals surface area contributed by atoms with Crippen molar-refractivity contribution in [2.24, 2.45) is 5.10 Å². The number of aryl methyl sites for hydroxylation is 1. The van der Waals surface area contributed by atoms with Crippen molar-refractivity contribution in [3.63, 3.8) is 0 Å². The van der Waals surface area contributed by atoms with Gasteiger partial charge in [0.05, 0.1) is 16.8 Å². The van der Waals surface area contributed by atoms with E-state index in [1.54, 1.807) is 30.3 Å². The molecule has 0 atom stereocenters. The number of nitrogens with one attached hydrogen (secondary N) is 1. The summed E-state index contributed by atoms with van der Waals surface area (Å²) in [4.78, 5) is 12.6. The lowest BCUT2D eigenvalue weighted by Gasteiger charge is -2.08. The zero-order valence-electron chi connectivity index (χ0n) is 13.9. The summed E-state index contributed by atoms with van der Waals surface area (Å²) in [6, 6.07) is 17.7. The van der Waals surface area contributed by atoms with Crippen LogP contribution in [-0.4, -0.2) is 19.2 Å². The van der Waals surface area contributed by atoms with Gasteiger partial charge in [-0.3, -0.25) is 10.2 Å². The number of sulfone groups is 1. The van der Waals surface area contributed by atoms with Gasteiger partial charge in [-0.05, 0) is 43.3 Å². The molecule has 0 saturated heterocycles. The fourth-order valence-corrected chi connectivity index (χ4v) is 3.45. The molecule has 3 aromatic rings. The second-order valence-corrected chi connectivity index (χ2v) is 7.38. The first-order valence-corrected chi connectivity index (χ1v) is 9.25. The number of hydrazone groups is 1. The Bertz CT molecular complexity index is 1020. The van der Waals surface area contributed by atoms with Gasteiger partial charge in [0.1, 0.15) is 0 Å². The number of anilines is 1. The number of furan rings is 1. The molecule has 6 nitrogen and oxygen atoms in total. The van der Waals surface area contributed by atoms with Crippen molar-refractivity contribution in [3.8, 4) is 0 Å². The Kier molecular flexibility index (Phi) is 4.99. The highest BCUT2D eigenvalue weighted by atomic mass is 32.2. The second kappa shape index (κ2) is 7.37. The molecule has 1 heterocycles. The summed E-state index contributed by atoms with van der Waals surface area (Å²) in [6.07, 6.45) is 1.30. The SMILES string of the molecule is Cc1ccc(N/N=C(\C(=O)c2ccco2)S(=O)(=O)c2ccccc2)cc1. The first kappa shape index (κ1) is 17.6. The minimum Gasteiger partial charge on any atom is -0.461 e. The van der Waals surface area contributed by atoms with Gasteiger partial charge in [0.15, 0.2) is 5.76 Å². The molecule has 0 aliphatic heterocycles. The van der Waals surface area contributed by atoms with Crippen LogP contribution in [0.1, 0.15) is 16.1 Å². The predicted octanol–water partition coefficient (Wildman–Crippen LogP) is 3.67. The smallest absolute Gasteiger partial charge is 0.260 e. The Morgan fingerprint density at radius 1 is 0.962 bits per heavy atom. The number of hydrogen-bond acceptors (Lipinski definition) is 6. The van der Waals surface area contributed by atoms with E-state index in [2.05, 4.69) is 10.5 Å². The van der Waals surface area contributed by atoms with Crippen LogP contribution in [0.15, 0.2) is 87.4 Å². The molecule has 132 valence electrons. The van der Waals surface area contributed by atoms with E-state index in [1.807, 2.05) is 19.1 Å². The molecule has 0 bridgehead atoms. The van der Waals surface area contributed by atoms with E-state index in [4.69, 9.17) is 4.42 Å². The second-order valence-electron chi connectivity index (χ2n) is 5.52. The highest BCUT2D eigenvalue weighted by Crippen LogP contribution is 2.17.